The van der Waals surface area contributed by atoms with Crippen molar-refractivity contribution in [2.24, 2.45) is 0 Å². The van der Waals surface area contributed by atoms with Crippen LogP contribution in [-0.4, -0.2) is 52.5 Å². The summed E-state index contributed by atoms with van der Waals surface area (Å²) in [4.78, 5) is -3.88. The first-order valence-corrected chi connectivity index (χ1v) is 14.2. The molecule has 0 bridgehead atoms. The largest absolute Gasteiger partial charge is 0.449 e. The zero-order valence-electron chi connectivity index (χ0n) is 17.8. The molecule has 0 unspecified atom stereocenters. The molecule has 0 aliphatic heterocycles. The molecule has 0 aromatic heterocycles. The van der Waals surface area contributed by atoms with Crippen LogP contribution in [0.2, 0.25) is 0 Å². The van der Waals surface area contributed by atoms with E-state index >= 15 is 0 Å². The number of benzene rings is 2. The summed E-state index contributed by atoms with van der Waals surface area (Å²) < 4.78 is 218. The molecule has 0 spiro atoms. The van der Waals surface area contributed by atoms with E-state index in [1.807, 2.05) is 0 Å². The quantitative estimate of drug-likeness (QED) is 0.208. The van der Waals surface area contributed by atoms with Gasteiger partial charge in [-0.05, 0) is 48.2 Å². The summed E-state index contributed by atoms with van der Waals surface area (Å²) in [6.45, 7) is 0. The molecule has 2 N–H and O–H groups in total. The highest BCUT2D eigenvalue weighted by Crippen LogP contribution is 2.52. The Morgan fingerprint density at radius 3 is 1.69 bits per heavy atom. The van der Waals surface area contributed by atoms with E-state index in [2.05, 4.69) is 4.74 Å². The van der Waals surface area contributed by atoms with Crippen LogP contribution >= 0.6 is 11.8 Å². The van der Waals surface area contributed by atoms with E-state index in [4.69, 9.17) is 4.55 Å². The fourth-order valence-corrected chi connectivity index (χ4v) is 6.24. The fourth-order valence-electron chi connectivity index (χ4n) is 2.23. The van der Waals surface area contributed by atoms with Crippen molar-refractivity contribution in [2.45, 2.75) is 37.4 Å². The molecule has 0 aliphatic rings. The first-order chi connectivity index (χ1) is 17.3. The van der Waals surface area contributed by atoms with Crippen molar-refractivity contribution in [3.63, 3.8) is 0 Å². The molecule has 220 valence electrons. The van der Waals surface area contributed by atoms with E-state index in [9.17, 15) is 69.2 Å². The van der Waals surface area contributed by atoms with Crippen LogP contribution in [0.4, 0.5) is 43.9 Å². The number of hydrogen-bond donors (Lipinski definition) is 2. The molecule has 2 aromatic rings. The number of rotatable bonds is 11. The molecular weight excluding hydrogens is 652 g/mol. The lowest BCUT2D eigenvalue weighted by molar-refractivity contribution is -0.441. The minimum Gasteiger partial charge on any atom is -0.282 e. The Labute approximate surface area is 216 Å². The van der Waals surface area contributed by atoms with Crippen molar-refractivity contribution in [1.29, 1.82) is 0 Å². The number of halogens is 10. The second-order valence-corrected chi connectivity index (χ2v) is 13.1. The zero-order chi connectivity index (χ0) is 30.5. The molecule has 2 rings (SSSR count). The molecule has 0 saturated heterocycles. The Balaban J connectivity index is 2.35. The van der Waals surface area contributed by atoms with Crippen LogP contribution in [-0.2, 0) is 34.9 Å². The minimum atomic E-state index is -7.35. The lowest BCUT2D eigenvalue weighted by Crippen LogP contribution is -2.58. The molecule has 9 nitrogen and oxygen atoms in total. The van der Waals surface area contributed by atoms with E-state index in [1.54, 1.807) is 0 Å². The van der Waals surface area contributed by atoms with Crippen molar-refractivity contribution in [3.05, 3.63) is 54.1 Å². The summed E-state index contributed by atoms with van der Waals surface area (Å²) in [7, 11) is -18.1. The van der Waals surface area contributed by atoms with Crippen LogP contribution in [0.5, 0.6) is 0 Å². The Kier molecular flexibility index (Phi) is 8.75. The van der Waals surface area contributed by atoms with Crippen LogP contribution in [0.25, 0.3) is 0 Å². The van der Waals surface area contributed by atoms with Gasteiger partial charge in [0.15, 0.2) is 0 Å². The van der Waals surface area contributed by atoms with Gasteiger partial charge in [0.05, 0.1) is 9.79 Å². The molecule has 2 aromatic carbocycles. The van der Waals surface area contributed by atoms with Gasteiger partial charge in [0.2, 0.25) is 0 Å². The lowest BCUT2D eigenvalue weighted by Gasteiger charge is -2.32. The predicted molar refractivity (Wildman–Crippen MR) is 109 cm³/mol. The van der Waals surface area contributed by atoms with Crippen LogP contribution < -0.4 is 4.13 Å². The lowest BCUT2D eigenvalue weighted by atomic mass is 10.3. The molecule has 0 heterocycles. The number of thioether (sulfide) groups is 1. The smallest absolute Gasteiger partial charge is 0.282 e. The molecular formula is C16H9F10NO8S4. The SMILES string of the molecule is O=S(=O)(O)c1ccc(S(=O)(=O)NS(=O)(=O)C(F)(F)C(F)(F)OC(F)(F)C(F)(F)Sc2ccc(F)cc2F)cc1. The van der Waals surface area contributed by atoms with Crippen molar-refractivity contribution in [1.82, 2.24) is 4.13 Å². The molecule has 0 saturated carbocycles. The Bertz CT molecular complexity index is 1560. The van der Waals surface area contributed by atoms with Crippen molar-refractivity contribution < 1.29 is 78.4 Å². The zero-order valence-corrected chi connectivity index (χ0v) is 21.0. The highest BCUT2D eigenvalue weighted by atomic mass is 32.3. The average Bonchev–Trinajstić information content (AvgIpc) is 2.73. The normalized spacial score (nSPS) is 14.4. The van der Waals surface area contributed by atoms with Gasteiger partial charge in [-0.1, -0.05) is 4.13 Å². The maximum Gasteiger partial charge on any atom is 0.449 e. The van der Waals surface area contributed by atoms with Crippen LogP contribution in [0.15, 0.2) is 57.2 Å². The summed E-state index contributed by atoms with van der Waals surface area (Å²) >= 11 is -1.59. The maximum atomic E-state index is 14.1. The van der Waals surface area contributed by atoms with Crippen LogP contribution in [0, 0.1) is 11.6 Å². The van der Waals surface area contributed by atoms with E-state index in [-0.39, 0.29) is 34.5 Å². The third-order valence-electron chi connectivity index (χ3n) is 4.05. The number of sulfonamides is 2. The van der Waals surface area contributed by atoms with Gasteiger partial charge in [0.25, 0.3) is 30.2 Å². The van der Waals surface area contributed by atoms with Gasteiger partial charge in [0, 0.05) is 11.0 Å². The number of ether oxygens (including phenoxy) is 1. The minimum absolute atomic E-state index is 0.0304. The molecule has 0 radical (unpaired) electrons. The fraction of sp³-hybridized carbons (Fsp3) is 0.250. The van der Waals surface area contributed by atoms with Gasteiger partial charge in [0.1, 0.15) is 11.6 Å². The molecule has 39 heavy (non-hydrogen) atoms. The first kappa shape index (κ1) is 33.0. The van der Waals surface area contributed by atoms with E-state index < -0.39 is 91.0 Å². The Morgan fingerprint density at radius 1 is 0.744 bits per heavy atom. The van der Waals surface area contributed by atoms with Gasteiger partial charge in [-0.2, -0.15) is 43.5 Å². The molecule has 0 aliphatic carbocycles. The standard InChI is InChI=1S/C16H9F10NO8S4/c17-8-1-6-12(11(18)7-8)36-15(23,24)13(19,20)35-14(21,22)16(25,26)39(33,34)27-37(28,29)9-2-4-10(5-3-9)38(30,31)32/h1-7,27H,(H,30,31,32). The molecule has 0 fully saturated rings. The van der Waals surface area contributed by atoms with Crippen LogP contribution in [0.3, 0.4) is 0 Å². The van der Waals surface area contributed by atoms with E-state index in [1.165, 1.54) is 0 Å². The second kappa shape index (κ2) is 10.3. The monoisotopic (exact) mass is 661 g/mol. The number of hydrogen-bond acceptors (Lipinski definition) is 8. The topological polar surface area (TPSA) is 144 Å². The second-order valence-electron chi connectivity index (χ2n) is 6.88. The molecule has 0 atom stereocenters. The summed E-state index contributed by atoms with van der Waals surface area (Å²) in [5, 5.41) is -13.1. The van der Waals surface area contributed by atoms with Gasteiger partial charge >= 0.3 is 22.7 Å². The Hall–Kier alpha value is -2.18. The summed E-state index contributed by atoms with van der Waals surface area (Å²) in [5.41, 5.74) is 0. The van der Waals surface area contributed by atoms with Gasteiger partial charge < -0.3 is 0 Å². The van der Waals surface area contributed by atoms with Crippen molar-refractivity contribution >= 4 is 41.9 Å². The predicted octanol–water partition coefficient (Wildman–Crippen LogP) is 4.00. The first-order valence-electron chi connectivity index (χ1n) is 8.97. The van der Waals surface area contributed by atoms with Crippen LogP contribution in [0.1, 0.15) is 0 Å². The molecule has 0 amide bonds. The number of nitrogens with one attached hydrogen (secondary N) is 1. The van der Waals surface area contributed by atoms with Gasteiger partial charge in [-0.25, -0.2) is 30.4 Å². The average molecular weight is 661 g/mol. The van der Waals surface area contributed by atoms with Gasteiger partial charge in [-0.3, -0.25) is 4.55 Å². The number of alkyl halides is 8. The van der Waals surface area contributed by atoms with Gasteiger partial charge in [-0.15, -0.1) is 0 Å². The van der Waals surface area contributed by atoms with E-state index in [0.29, 0.717) is 12.1 Å². The summed E-state index contributed by atoms with van der Waals surface area (Å²) in [5.74, 6) is -3.29. The Morgan fingerprint density at radius 2 is 1.23 bits per heavy atom. The third kappa shape index (κ3) is 6.94. The maximum absolute atomic E-state index is 14.1. The molecule has 23 heteroatoms. The van der Waals surface area contributed by atoms with Crippen molar-refractivity contribution in [2.75, 3.05) is 0 Å². The highest BCUT2D eigenvalue weighted by Gasteiger charge is 2.74. The highest BCUT2D eigenvalue weighted by molar-refractivity contribution is 8.05. The summed E-state index contributed by atoms with van der Waals surface area (Å²) in [6.07, 6.45) is -13.8. The third-order valence-corrected chi connectivity index (χ3v) is 9.53. The van der Waals surface area contributed by atoms with E-state index in [0.717, 1.165) is 0 Å². The van der Waals surface area contributed by atoms with Crippen molar-refractivity contribution in [3.8, 4) is 0 Å². The summed E-state index contributed by atoms with van der Waals surface area (Å²) in [6, 6.07) is 1.32.